The molecule has 0 atom stereocenters. The number of rotatable bonds is 4. The molecule has 3 nitrogen and oxygen atoms in total. The summed E-state index contributed by atoms with van der Waals surface area (Å²) in [7, 11) is 0. The molecule has 1 saturated heterocycles. The van der Waals surface area contributed by atoms with Crippen LogP contribution in [0.1, 0.15) is 48.9 Å². The average molecular weight is 322 g/mol. The quantitative estimate of drug-likeness (QED) is 0.922. The molecule has 1 saturated carbocycles. The van der Waals surface area contributed by atoms with Crippen molar-refractivity contribution in [1.82, 2.24) is 10.2 Å². The molecule has 2 fully saturated rings. The predicted octanol–water partition coefficient (Wildman–Crippen LogP) is 3.35. The maximum Gasteiger partial charge on any atom is 0.254 e. The minimum atomic E-state index is -0.807. The molecule has 1 aliphatic heterocycles. The van der Waals surface area contributed by atoms with Crippen LogP contribution >= 0.6 is 0 Å². The molecule has 0 spiro atoms. The monoisotopic (exact) mass is 322 g/mol. The van der Waals surface area contributed by atoms with Crippen molar-refractivity contribution < 1.29 is 13.6 Å². The van der Waals surface area contributed by atoms with Crippen molar-refractivity contribution in [2.75, 3.05) is 19.6 Å². The number of hydrogen-bond donors (Lipinski definition) is 1. The van der Waals surface area contributed by atoms with Gasteiger partial charge in [0.25, 0.3) is 5.91 Å². The zero-order valence-electron chi connectivity index (χ0n) is 13.4. The Kier molecular flexibility index (Phi) is 5.26. The fraction of sp³-hybridized carbons (Fsp3) is 0.611. The minimum Gasteiger partial charge on any atom is -0.352 e. The van der Waals surface area contributed by atoms with E-state index < -0.39 is 17.5 Å². The summed E-state index contributed by atoms with van der Waals surface area (Å²) >= 11 is 0. The second-order valence-electron chi connectivity index (χ2n) is 6.75. The Balaban J connectivity index is 1.45. The lowest BCUT2D eigenvalue weighted by atomic mass is 9.95. The third kappa shape index (κ3) is 4.08. The Bertz CT molecular complexity index is 550. The maximum atomic E-state index is 13.6. The summed E-state index contributed by atoms with van der Waals surface area (Å²) in [6.07, 6.45) is 7.50. The molecular weight excluding hydrogens is 298 g/mol. The maximum absolute atomic E-state index is 13.6. The molecule has 1 amide bonds. The van der Waals surface area contributed by atoms with E-state index in [1.165, 1.54) is 31.7 Å². The van der Waals surface area contributed by atoms with Gasteiger partial charge in [-0.2, -0.15) is 0 Å². The van der Waals surface area contributed by atoms with Crippen molar-refractivity contribution in [2.24, 2.45) is 5.92 Å². The van der Waals surface area contributed by atoms with Crippen molar-refractivity contribution in [1.29, 1.82) is 0 Å². The highest BCUT2D eigenvalue weighted by Gasteiger charge is 2.27. The lowest BCUT2D eigenvalue weighted by molar-refractivity contribution is 0.0920. The molecule has 23 heavy (non-hydrogen) atoms. The first-order valence-corrected chi connectivity index (χ1v) is 8.61. The van der Waals surface area contributed by atoms with Crippen LogP contribution in [0.5, 0.6) is 0 Å². The first-order chi connectivity index (χ1) is 11.1. The van der Waals surface area contributed by atoms with E-state index in [0.29, 0.717) is 12.5 Å². The molecule has 126 valence electrons. The normalized spacial score (nSPS) is 20.8. The van der Waals surface area contributed by atoms with Gasteiger partial charge in [-0.25, -0.2) is 8.78 Å². The van der Waals surface area contributed by atoms with E-state index in [-0.39, 0.29) is 5.56 Å². The van der Waals surface area contributed by atoms with Crippen LogP contribution in [0.25, 0.3) is 0 Å². The predicted molar refractivity (Wildman–Crippen MR) is 85.2 cm³/mol. The zero-order chi connectivity index (χ0) is 16.2. The summed E-state index contributed by atoms with van der Waals surface area (Å²) < 4.78 is 26.5. The Morgan fingerprint density at radius 3 is 2.48 bits per heavy atom. The van der Waals surface area contributed by atoms with Gasteiger partial charge in [0.2, 0.25) is 0 Å². The smallest absolute Gasteiger partial charge is 0.254 e. The van der Waals surface area contributed by atoms with Crippen molar-refractivity contribution in [3.63, 3.8) is 0 Å². The number of carbonyl (C=O) groups excluding carboxylic acids is 1. The van der Waals surface area contributed by atoms with Crippen LogP contribution in [0.4, 0.5) is 8.78 Å². The number of nitrogens with zero attached hydrogens (tertiary/aromatic N) is 1. The van der Waals surface area contributed by atoms with E-state index in [4.69, 9.17) is 0 Å². The highest BCUT2D eigenvalue weighted by Crippen LogP contribution is 2.27. The van der Waals surface area contributed by atoms with Crippen molar-refractivity contribution in [3.05, 3.63) is 35.4 Å². The van der Waals surface area contributed by atoms with Gasteiger partial charge in [-0.05, 0) is 56.8 Å². The lowest BCUT2D eigenvalue weighted by Gasteiger charge is -2.36. The number of piperidine rings is 1. The van der Waals surface area contributed by atoms with Crippen LogP contribution in [0.15, 0.2) is 18.2 Å². The SMILES string of the molecule is O=C(NCC1CCN(C2CCCC2)CC1)c1ccc(F)cc1F. The molecule has 2 aliphatic rings. The third-order valence-electron chi connectivity index (χ3n) is 5.22. The number of hydrogen-bond acceptors (Lipinski definition) is 2. The van der Waals surface area contributed by atoms with Crippen LogP contribution < -0.4 is 5.32 Å². The third-order valence-corrected chi connectivity index (χ3v) is 5.22. The fourth-order valence-electron chi connectivity index (χ4n) is 3.80. The second-order valence-corrected chi connectivity index (χ2v) is 6.75. The Hall–Kier alpha value is -1.49. The van der Waals surface area contributed by atoms with Gasteiger partial charge in [0, 0.05) is 18.7 Å². The first kappa shape index (κ1) is 16.4. The highest BCUT2D eigenvalue weighted by molar-refractivity contribution is 5.94. The fourth-order valence-corrected chi connectivity index (χ4v) is 3.80. The average Bonchev–Trinajstić information content (AvgIpc) is 3.07. The summed E-state index contributed by atoms with van der Waals surface area (Å²) in [4.78, 5) is 14.6. The van der Waals surface area contributed by atoms with Gasteiger partial charge in [0.05, 0.1) is 5.56 Å². The molecular formula is C18H24F2N2O. The van der Waals surface area contributed by atoms with Crippen LogP contribution in [-0.4, -0.2) is 36.5 Å². The van der Waals surface area contributed by atoms with E-state index >= 15 is 0 Å². The molecule has 0 bridgehead atoms. The largest absolute Gasteiger partial charge is 0.352 e. The molecule has 1 aromatic rings. The number of likely N-dealkylation sites (tertiary alicyclic amines) is 1. The van der Waals surface area contributed by atoms with Crippen molar-refractivity contribution >= 4 is 5.91 Å². The number of nitrogens with one attached hydrogen (secondary N) is 1. The van der Waals surface area contributed by atoms with E-state index in [9.17, 15) is 13.6 Å². The Morgan fingerprint density at radius 1 is 1.13 bits per heavy atom. The zero-order valence-corrected chi connectivity index (χ0v) is 13.4. The summed E-state index contributed by atoms with van der Waals surface area (Å²) in [5, 5.41) is 2.79. The molecule has 1 aliphatic carbocycles. The molecule has 1 heterocycles. The van der Waals surface area contributed by atoms with Gasteiger partial charge in [-0.1, -0.05) is 12.8 Å². The number of benzene rings is 1. The summed E-state index contributed by atoms with van der Waals surface area (Å²) in [5.41, 5.74) is -0.0882. The molecule has 0 aromatic heterocycles. The number of amides is 1. The summed E-state index contributed by atoms with van der Waals surface area (Å²) in [6.45, 7) is 2.75. The molecule has 1 N–H and O–H groups in total. The number of halogens is 2. The molecule has 0 radical (unpaired) electrons. The molecule has 1 aromatic carbocycles. The van der Waals surface area contributed by atoms with E-state index in [1.54, 1.807) is 0 Å². The molecule has 0 unspecified atom stereocenters. The summed E-state index contributed by atoms with van der Waals surface area (Å²) in [5.74, 6) is -1.49. The highest BCUT2D eigenvalue weighted by atomic mass is 19.1. The second kappa shape index (κ2) is 7.39. The first-order valence-electron chi connectivity index (χ1n) is 8.61. The van der Waals surface area contributed by atoms with Gasteiger partial charge >= 0.3 is 0 Å². The topological polar surface area (TPSA) is 32.3 Å². The van der Waals surface area contributed by atoms with Crippen LogP contribution in [-0.2, 0) is 0 Å². The van der Waals surface area contributed by atoms with Gasteiger partial charge in [0.1, 0.15) is 11.6 Å². The Labute approximate surface area is 136 Å². The van der Waals surface area contributed by atoms with Crippen molar-refractivity contribution in [2.45, 2.75) is 44.6 Å². The van der Waals surface area contributed by atoms with Crippen LogP contribution in [0.2, 0.25) is 0 Å². The van der Waals surface area contributed by atoms with Crippen LogP contribution in [0, 0.1) is 17.6 Å². The summed E-state index contributed by atoms with van der Waals surface area (Å²) in [6, 6.07) is 3.81. The van der Waals surface area contributed by atoms with Gasteiger partial charge in [-0.3, -0.25) is 4.79 Å². The van der Waals surface area contributed by atoms with Gasteiger partial charge in [-0.15, -0.1) is 0 Å². The molecule has 5 heteroatoms. The molecule has 3 rings (SSSR count). The number of carbonyl (C=O) groups is 1. The van der Waals surface area contributed by atoms with Crippen LogP contribution in [0.3, 0.4) is 0 Å². The lowest BCUT2D eigenvalue weighted by Crippen LogP contribution is -2.42. The van der Waals surface area contributed by atoms with E-state index in [0.717, 1.165) is 44.1 Å². The Morgan fingerprint density at radius 2 is 1.83 bits per heavy atom. The van der Waals surface area contributed by atoms with Gasteiger partial charge < -0.3 is 10.2 Å². The van der Waals surface area contributed by atoms with Crippen molar-refractivity contribution in [3.8, 4) is 0 Å². The van der Waals surface area contributed by atoms with E-state index in [1.807, 2.05) is 0 Å². The standard InChI is InChI=1S/C18H24F2N2O/c19-14-5-6-16(17(20)11-14)18(23)21-12-13-7-9-22(10-8-13)15-3-1-2-4-15/h5-6,11,13,15H,1-4,7-10,12H2,(H,21,23). The van der Waals surface area contributed by atoms with Gasteiger partial charge in [0.15, 0.2) is 0 Å². The van der Waals surface area contributed by atoms with E-state index in [2.05, 4.69) is 10.2 Å². The minimum absolute atomic E-state index is 0.0882.